The Morgan fingerprint density at radius 2 is 2.20 bits per heavy atom. The van der Waals surface area contributed by atoms with Gasteiger partial charge in [-0.15, -0.1) is 0 Å². The standard InChI is InChI=1S/C12H23NO2/c1-9(2-3-10-4-5-10)6-11(8-13)7-12(14)15/h9-11H,2-8,13H2,1H3,(H,14,15)/t9-,11?/m1/s1. The van der Waals surface area contributed by atoms with E-state index in [9.17, 15) is 4.79 Å². The van der Waals surface area contributed by atoms with Gasteiger partial charge in [0.2, 0.25) is 0 Å². The molecule has 0 spiro atoms. The van der Waals surface area contributed by atoms with Gasteiger partial charge >= 0.3 is 5.97 Å². The van der Waals surface area contributed by atoms with Crippen LogP contribution in [0.3, 0.4) is 0 Å². The summed E-state index contributed by atoms with van der Waals surface area (Å²) in [7, 11) is 0. The molecule has 0 aromatic heterocycles. The lowest BCUT2D eigenvalue weighted by molar-refractivity contribution is -0.138. The molecule has 1 rings (SSSR count). The zero-order valence-corrected chi connectivity index (χ0v) is 9.61. The van der Waals surface area contributed by atoms with Crippen molar-refractivity contribution < 1.29 is 9.90 Å². The van der Waals surface area contributed by atoms with Crippen molar-refractivity contribution in [2.75, 3.05) is 6.54 Å². The van der Waals surface area contributed by atoms with E-state index in [0.29, 0.717) is 12.5 Å². The number of carboxylic acid groups (broad SMARTS) is 1. The molecule has 0 aromatic rings. The minimum atomic E-state index is -0.722. The van der Waals surface area contributed by atoms with E-state index in [1.807, 2.05) is 0 Å². The number of hydrogen-bond donors (Lipinski definition) is 2. The zero-order chi connectivity index (χ0) is 11.3. The van der Waals surface area contributed by atoms with Gasteiger partial charge in [-0.05, 0) is 30.7 Å². The highest BCUT2D eigenvalue weighted by Gasteiger charge is 2.22. The maximum absolute atomic E-state index is 10.6. The smallest absolute Gasteiger partial charge is 0.303 e. The Morgan fingerprint density at radius 1 is 1.53 bits per heavy atom. The third-order valence-electron chi connectivity index (χ3n) is 3.30. The van der Waals surface area contributed by atoms with Gasteiger partial charge in [-0.1, -0.05) is 32.6 Å². The molecular formula is C12H23NO2. The molecule has 0 heterocycles. The van der Waals surface area contributed by atoms with Crippen LogP contribution < -0.4 is 5.73 Å². The Morgan fingerprint density at radius 3 is 2.67 bits per heavy atom. The first kappa shape index (κ1) is 12.5. The summed E-state index contributed by atoms with van der Waals surface area (Å²) in [5.74, 6) is 1.04. The van der Waals surface area contributed by atoms with Gasteiger partial charge in [-0.2, -0.15) is 0 Å². The molecule has 88 valence electrons. The van der Waals surface area contributed by atoms with E-state index in [2.05, 4.69) is 6.92 Å². The molecule has 0 aliphatic heterocycles. The van der Waals surface area contributed by atoms with Gasteiger partial charge in [0.25, 0.3) is 0 Å². The molecule has 3 heteroatoms. The van der Waals surface area contributed by atoms with Crippen molar-refractivity contribution in [1.82, 2.24) is 0 Å². The van der Waals surface area contributed by atoms with Gasteiger partial charge in [0.1, 0.15) is 0 Å². The first-order chi connectivity index (χ1) is 7.11. The molecule has 3 nitrogen and oxygen atoms in total. The summed E-state index contributed by atoms with van der Waals surface area (Å²) in [6.45, 7) is 2.72. The van der Waals surface area contributed by atoms with Crippen molar-refractivity contribution in [3.05, 3.63) is 0 Å². The van der Waals surface area contributed by atoms with Crippen LogP contribution in [0.2, 0.25) is 0 Å². The summed E-state index contributed by atoms with van der Waals surface area (Å²) >= 11 is 0. The summed E-state index contributed by atoms with van der Waals surface area (Å²) in [5, 5.41) is 8.70. The number of rotatable bonds is 8. The monoisotopic (exact) mass is 213 g/mol. The molecule has 0 bridgehead atoms. The van der Waals surface area contributed by atoms with E-state index in [-0.39, 0.29) is 12.3 Å². The molecule has 1 aliphatic carbocycles. The van der Waals surface area contributed by atoms with Crippen LogP contribution >= 0.6 is 0 Å². The molecule has 2 atom stereocenters. The number of nitrogens with two attached hydrogens (primary N) is 1. The normalized spacial score (nSPS) is 19.9. The molecule has 1 unspecified atom stereocenters. The van der Waals surface area contributed by atoms with E-state index < -0.39 is 5.97 Å². The summed E-state index contributed by atoms with van der Waals surface area (Å²) in [6.07, 6.45) is 6.57. The van der Waals surface area contributed by atoms with Crippen molar-refractivity contribution in [3.8, 4) is 0 Å². The van der Waals surface area contributed by atoms with Crippen molar-refractivity contribution in [2.24, 2.45) is 23.5 Å². The van der Waals surface area contributed by atoms with Crippen LogP contribution in [-0.4, -0.2) is 17.6 Å². The predicted octanol–water partition coefficient (Wildman–Crippen LogP) is 2.25. The number of carboxylic acids is 1. The molecule has 0 aromatic carbocycles. The quantitative estimate of drug-likeness (QED) is 0.650. The molecule has 1 aliphatic rings. The largest absolute Gasteiger partial charge is 0.481 e. The van der Waals surface area contributed by atoms with Crippen LogP contribution in [0.1, 0.15) is 45.4 Å². The van der Waals surface area contributed by atoms with E-state index >= 15 is 0 Å². The van der Waals surface area contributed by atoms with Gasteiger partial charge in [-0.25, -0.2) is 0 Å². The lowest BCUT2D eigenvalue weighted by Gasteiger charge is -2.17. The molecule has 15 heavy (non-hydrogen) atoms. The van der Waals surface area contributed by atoms with Crippen LogP contribution in [0.5, 0.6) is 0 Å². The average Bonchev–Trinajstić information content (AvgIpc) is 2.96. The summed E-state index contributed by atoms with van der Waals surface area (Å²) < 4.78 is 0. The Labute approximate surface area is 92.0 Å². The third-order valence-corrected chi connectivity index (χ3v) is 3.30. The average molecular weight is 213 g/mol. The molecule has 3 N–H and O–H groups in total. The van der Waals surface area contributed by atoms with Gasteiger partial charge in [-0.3, -0.25) is 4.79 Å². The van der Waals surface area contributed by atoms with E-state index in [4.69, 9.17) is 10.8 Å². The maximum Gasteiger partial charge on any atom is 0.303 e. The van der Waals surface area contributed by atoms with Crippen molar-refractivity contribution in [1.29, 1.82) is 0 Å². The predicted molar refractivity (Wildman–Crippen MR) is 60.5 cm³/mol. The highest BCUT2D eigenvalue weighted by Crippen LogP contribution is 2.35. The Kier molecular flexibility index (Phi) is 5.09. The number of aliphatic carboxylic acids is 1. The lowest BCUT2D eigenvalue weighted by Crippen LogP contribution is -2.20. The molecular weight excluding hydrogens is 190 g/mol. The van der Waals surface area contributed by atoms with Crippen LogP contribution in [0, 0.1) is 17.8 Å². The number of hydrogen-bond acceptors (Lipinski definition) is 2. The minimum absolute atomic E-state index is 0.164. The highest BCUT2D eigenvalue weighted by molar-refractivity contribution is 5.67. The van der Waals surface area contributed by atoms with E-state index in [1.165, 1.54) is 25.7 Å². The van der Waals surface area contributed by atoms with Crippen molar-refractivity contribution >= 4 is 5.97 Å². The van der Waals surface area contributed by atoms with Gasteiger partial charge in [0.05, 0.1) is 0 Å². The van der Waals surface area contributed by atoms with Crippen LogP contribution in [0.15, 0.2) is 0 Å². The second kappa shape index (κ2) is 6.11. The Balaban J connectivity index is 2.13. The second-order valence-corrected chi connectivity index (χ2v) is 5.06. The fraction of sp³-hybridized carbons (Fsp3) is 0.917. The summed E-state index contributed by atoms with van der Waals surface area (Å²) in [4.78, 5) is 10.6. The fourth-order valence-corrected chi connectivity index (χ4v) is 2.12. The van der Waals surface area contributed by atoms with Gasteiger partial charge < -0.3 is 10.8 Å². The molecule has 0 radical (unpaired) electrons. The van der Waals surface area contributed by atoms with Crippen molar-refractivity contribution in [3.63, 3.8) is 0 Å². The second-order valence-electron chi connectivity index (χ2n) is 5.06. The summed E-state index contributed by atoms with van der Waals surface area (Å²) in [5.41, 5.74) is 5.57. The first-order valence-electron chi connectivity index (χ1n) is 6.03. The zero-order valence-electron chi connectivity index (χ0n) is 9.61. The Hall–Kier alpha value is -0.570. The minimum Gasteiger partial charge on any atom is -0.481 e. The SMILES string of the molecule is C[C@H](CCC1CC1)CC(CN)CC(=O)O. The van der Waals surface area contributed by atoms with Gasteiger partial charge in [0, 0.05) is 6.42 Å². The highest BCUT2D eigenvalue weighted by atomic mass is 16.4. The molecule has 0 amide bonds. The van der Waals surface area contributed by atoms with Crippen LogP contribution in [0.4, 0.5) is 0 Å². The van der Waals surface area contributed by atoms with Crippen molar-refractivity contribution in [2.45, 2.75) is 45.4 Å². The maximum atomic E-state index is 10.6. The van der Waals surface area contributed by atoms with E-state index in [0.717, 1.165) is 12.3 Å². The van der Waals surface area contributed by atoms with Crippen LogP contribution in [-0.2, 0) is 4.79 Å². The van der Waals surface area contributed by atoms with Crippen LogP contribution in [0.25, 0.3) is 0 Å². The fourth-order valence-electron chi connectivity index (χ4n) is 2.12. The third kappa shape index (κ3) is 5.78. The summed E-state index contributed by atoms with van der Waals surface area (Å²) in [6, 6.07) is 0. The lowest BCUT2D eigenvalue weighted by atomic mass is 9.90. The van der Waals surface area contributed by atoms with Gasteiger partial charge in [0.15, 0.2) is 0 Å². The number of carbonyl (C=O) groups is 1. The molecule has 1 fully saturated rings. The topological polar surface area (TPSA) is 63.3 Å². The first-order valence-corrected chi connectivity index (χ1v) is 6.03. The van der Waals surface area contributed by atoms with E-state index in [1.54, 1.807) is 0 Å². The molecule has 0 saturated heterocycles. The Bertz CT molecular complexity index is 202. The molecule has 1 saturated carbocycles.